The first-order chi connectivity index (χ1) is 7.65. The molecule has 0 atom stereocenters. The van der Waals surface area contributed by atoms with Gasteiger partial charge in [0.2, 0.25) is 0 Å². The molecule has 1 aromatic rings. The predicted octanol–water partition coefficient (Wildman–Crippen LogP) is 3.15. The van der Waals surface area contributed by atoms with Gasteiger partial charge in [0.15, 0.2) is 0 Å². The molecule has 0 aliphatic heterocycles. The Morgan fingerprint density at radius 2 is 2.00 bits per heavy atom. The van der Waals surface area contributed by atoms with Crippen LogP contribution < -0.4 is 10.2 Å². The van der Waals surface area contributed by atoms with Crippen molar-refractivity contribution in [2.75, 3.05) is 11.9 Å². The summed E-state index contributed by atoms with van der Waals surface area (Å²) in [5.74, 6) is 0. The Morgan fingerprint density at radius 1 is 1.38 bits per heavy atom. The Hall–Kier alpha value is -1.77. The number of benzene rings is 1. The number of nitrogens with zero attached hydrogens (tertiary/aromatic N) is 1. The van der Waals surface area contributed by atoms with Crippen LogP contribution in [0.4, 0.5) is 10.5 Å². The molecule has 0 aromatic heterocycles. The molecule has 0 fully saturated rings. The second kappa shape index (κ2) is 5.95. The average molecular weight is 218 g/mol. The van der Waals surface area contributed by atoms with E-state index in [-0.39, 0.29) is 6.03 Å². The van der Waals surface area contributed by atoms with Crippen LogP contribution in [0.2, 0.25) is 0 Å². The molecule has 0 unspecified atom stereocenters. The fraction of sp³-hybridized carbons (Fsp3) is 0.308. The van der Waals surface area contributed by atoms with E-state index in [4.69, 9.17) is 0 Å². The zero-order valence-electron chi connectivity index (χ0n) is 10.0. The highest BCUT2D eigenvalue weighted by Crippen LogP contribution is 2.10. The Labute approximate surface area is 96.8 Å². The zero-order chi connectivity index (χ0) is 12.0. The summed E-state index contributed by atoms with van der Waals surface area (Å²) in [6.45, 7) is 4.04. The van der Waals surface area contributed by atoms with Crippen molar-refractivity contribution in [1.29, 1.82) is 0 Å². The number of urea groups is 1. The monoisotopic (exact) mass is 218 g/mol. The summed E-state index contributed by atoms with van der Waals surface area (Å²) in [4.78, 5) is 13.3. The topological polar surface area (TPSA) is 32.3 Å². The second-order valence-electron chi connectivity index (χ2n) is 3.69. The molecule has 0 radical (unpaired) electrons. The second-order valence-corrected chi connectivity index (χ2v) is 3.69. The summed E-state index contributed by atoms with van der Waals surface area (Å²) in [5.41, 5.74) is 2.03. The number of amides is 2. The van der Waals surface area contributed by atoms with Gasteiger partial charge in [-0.15, -0.1) is 0 Å². The van der Waals surface area contributed by atoms with E-state index in [1.807, 2.05) is 37.3 Å². The Morgan fingerprint density at radius 3 is 2.56 bits per heavy atom. The van der Waals surface area contributed by atoms with Crippen molar-refractivity contribution < 1.29 is 4.79 Å². The summed E-state index contributed by atoms with van der Waals surface area (Å²) >= 11 is 0. The molecule has 0 bridgehead atoms. The molecule has 2 amide bonds. The van der Waals surface area contributed by atoms with E-state index in [2.05, 4.69) is 12.2 Å². The molecule has 0 heterocycles. The van der Waals surface area contributed by atoms with Gasteiger partial charge in [-0.1, -0.05) is 30.7 Å². The van der Waals surface area contributed by atoms with Crippen LogP contribution >= 0.6 is 0 Å². The molecule has 0 spiro atoms. The van der Waals surface area contributed by atoms with E-state index < -0.39 is 0 Å². The molecular weight excluding hydrogens is 200 g/mol. The van der Waals surface area contributed by atoms with Crippen LogP contribution in [-0.4, -0.2) is 13.1 Å². The number of rotatable bonds is 3. The fourth-order valence-corrected chi connectivity index (χ4v) is 1.15. The van der Waals surface area contributed by atoms with E-state index in [1.54, 1.807) is 18.1 Å². The SMILES string of the molecule is CC/C(C)=C/NC(=O)N(C)c1ccccc1. The highest BCUT2D eigenvalue weighted by Gasteiger charge is 2.07. The minimum absolute atomic E-state index is 0.126. The first-order valence-corrected chi connectivity index (χ1v) is 5.40. The van der Waals surface area contributed by atoms with Gasteiger partial charge in [0.05, 0.1) is 0 Å². The summed E-state index contributed by atoms with van der Waals surface area (Å²) in [6, 6.07) is 9.42. The molecule has 86 valence electrons. The maximum Gasteiger partial charge on any atom is 0.325 e. The lowest BCUT2D eigenvalue weighted by Gasteiger charge is -2.16. The average Bonchev–Trinajstić information content (AvgIpc) is 2.35. The number of anilines is 1. The van der Waals surface area contributed by atoms with E-state index in [9.17, 15) is 4.79 Å². The number of hydrogen-bond acceptors (Lipinski definition) is 1. The standard InChI is InChI=1S/C13H18N2O/c1-4-11(2)10-14-13(16)15(3)12-8-6-5-7-9-12/h5-10H,4H2,1-3H3,(H,14,16)/b11-10+. The minimum Gasteiger partial charge on any atom is -0.314 e. The van der Waals surface area contributed by atoms with Gasteiger partial charge in [0, 0.05) is 18.9 Å². The van der Waals surface area contributed by atoms with Gasteiger partial charge in [-0.3, -0.25) is 4.90 Å². The Kier molecular flexibility index (Phi) is 4.58. The van der Waals surface area contributed by atoms with Crippen LogP contribution in [0, 0.1) is 0 Å². The number of carbonyl (C=O) groups excluding carboxylic acids is 1. The van der Waals surface area contributed by atoms with Gasteiger partial charge in [0.1, 0.15) is 0 Å². The van der Waals surface area contributed by atoms with E-state index in [1.165, 1.54) is 0 Å². The molecule has 0 saturated heterocycles. The molecule has 0 aliphatic carbocycles. The van der Waals surface area contributed by atoms with Gasteiger partial charge >= 0.3 is 6.03 Å². The van der Waals surface area contributed by atoms with E-state index >= 15 is 0 Å². The fourth-order valence-electron chi connectivity index (χ4n) is 1.15. The summed E-state index contributed by atoms with van der Waals surface area (Å²) in [5, 5.41) is 2.76. The van der Waals surface area contributed by atoms with Crippen LogP contribution in [0.1, 0.15) is 20.3 Å². The van der Waals surface area contributed by atoms with Gasteiger partial charge < -0.3 is 5.32 Å². The van der Waals surface area contributed by atoms with Gasteiger partial charge in [-0.2, -0.15) is 0 Å². The predicted molar refractivity (Wildman–Crippen MR) is 67.4 cm³/mol. The maximum absolute atomic E-state index is 11.7. The van der Waals surface area contributed by atoms with Crippen molar-refractivity contribution in [1.82, 2.24) is 5.32 Å². The molecule has 3 heteroatoms. The number of hydrogen-bond donors (Lipinski definition) is 1. The van der Waals surface area contributed by atoms with Gasteiger partial charge in [-0.05, 0) is 25.5 Å². The van der Waals surface area contributed by atoms with Crippen LogP contribution in [-0.2, 0) is 0 Å². The number of carbonyl (C=O) groups is 1. The quantitative estimate of drug-likeness (QED) is 0.830. The maximum atomic E-state index is 11.7. The first kappa shape index (κ1) is 12.3. The van der Waals surface area contributed by atoms with Crippen LogP contribution in [0.15, 0.2) is 42.1 Å². The van der Waals surface area contributed by atoms with E-state index in [0.29, 0.717) is 0 Å². The van der Waals surface area contributed by atoms with Crippen molar-refractivity contribution in [3.05, 3.63) is 42.1 Å². The molecule has 1 N–H and O–H groups in total. The number of para-hydroxylation sites is 1. The number of allylic oxidation sites excluding steroid dienone is 1. The minimum atomic E-state index is -0.126. The highest BCUT2D eigenvalue weighted by molar-refractivity contribution is 5.91. The van der Waals surface area contributed by atoms with Gasteiger partial charge in [0.25, 0.3) is 0 Å². The molecular formula is C13H18N2O. The third-order valence-corrected chi connectivity index (χ3v) is 2.45. The van der Waals surface area contributed by atoms with Crippen molar-refractivity contribution in [2.24, 2.45) is 0 Å². The van der Waals surface area contributed by atoms with Crippen LogP contribution in [0.5, 0.6) is 0 Å². The largest absolute Gasteiger partial charge is 0.325 e. The third kappa shape index (κ3) is 3.42. The summed E-state index contributed by atoms with van der Waals surface area (Å²) < 4.78 is 0. The normalized spacial score (nSPS) is 11.1. The summed E-state index contributed by atoms with van der Waals surface area (Å²) in [6.07, 6.45) is 2.69. The van der Waals surface area contributed by atoms with Crippen molar-refractivity contribution in [3.63, 3.8) is 0 Å². The lowest BCUT2D eigenvalue weighted by Crippen LogP contribution is -2.34. The highest BCUT2D eigenvalue weighted by atomic mass is 16.2. The molecule has 1 rings (SSSR count). The number of nitrogens with one attached hydrogen (secondary N) is 1. The Bertz CT molecular complexity index is 371. The summed E-state index contributed by atoms with van der Waals surface area (Å²) in [7, 11) is 1.75. The molecule has 0 aliphatic rings. The van der Waals surface area contributed by atoms with Crippen molar-refractivity contribution >= 4 is 11.7 Å². The van der Waals surface area contributed by atoms with Gasteiger partial charge in [-0.25, -0.2) is 4.79 Å². The lowest BCUT2D eigenvalue weighted by molar-refractivity contribution is 0.250. The lowest BCUT2D eigenvalue weighted by atomic mass is 10.2. The van der Waals surface area contributed by atoms with E-state index in [0.717, 1.165) is 17.7 Å². The van der Waals surface area contributed by atoms with Crippen molar-refractivity contribution in [2.45, 2.75) is 20.3 Å². The molecule has 1 aromatic carbocycles. The van der Waals surface area contributed by atoms with Crippen LogP contribution in [0.25, 0.3) is 0 Å². The Balaban J connectivity index is 2.62. The molecule has 3 nitrogen and oxygen atoms in total. The molecule has 16 heavy (non-hydrogen) atoms. The molecule has 0 saturated carbocycles. The first-order valence-electron chi connectivity index (χ1n) is 5.40. The van der Waals surface area contributed by atoms with Crippen LogP contribution in [0.3, 0.4) is 0 Å². The zero-order valence-corrected chi connectivity index (χ0v) is 10.0. The third-order valence-electron chi connectivity index (χ3n) is 2.45. The van der Waals surface area contributed by atoms with Crippen molar-refractivity contribution in [3.8, 4) is 0 Å². The smallest absolute Gasteiger partial charge is 0.314 e.